The first-order valence-electron chi connectivity index (χ1n) is 22.9. The molecule has 0 radical (unpaired) electrons. The van der Waals surface area contributed by atoms with Gasteiger partial charge >= 0.3 is 0 Å². The van der Waals surface area contributed by atoms with Gasteiger partial charge in [-0.3, -0.25) is 29.8 Å². The van der Waals surface area contributed by atoms with Crippen LogP contribution < -0.4 is 14.2 Å². The van der Waals surface area contributed by atoms with Crippen molar-refractivity contribution in [1.82, 2.24) is 4.90 Å². The molecule has 2 aliphatic carbocycles. The predicted molar refractivity (Wildman–Crippen MR) is 256 cm³/mol. The number of nitrogens with zero attached hydrogens (tertiary/aromatic N) is 4. The van der Waals surface area contributed by atoms with Crippen molar-refractivity contribution in [2.45, 2.75) is 69.3 Å². The molecule has 7 rings (SSSR count). The third kappa shape index (κ3) is 11.1. The number of ether oxygens (including phenoxy) is 4. The van der Waals surface area contributed by atoms with Gasteiger partial charge in [0.15, 0.2) is 6.29 Å². The summed E-state index contributed by atoms with van der Waals surface area (Å²) >= 11 is 0. The number of rotatable bonds is 23. The highest BCUT2D eigenvalue weighted by Crippen LogP contribution is 2.62. The molecule has 1 heterocycles. The second kappa shape index (κ2) is 22.7. The molecular formula is C52H56N4O13. The molecule has 362 valence electrons. The number of aliphatic hydroxyl groups is 2. The molecule has 6 atom stereocenters. The normalized spacial score (nSPS) is 21.8. The van der Waals surface area contributed by atoms with Crippen molar-refractivity contribution >= 4 is 35.4 Å². The summed E-state index contributed by atoms with van der Waals surface area (Å²) in [5.41, 5.74) is 3.52. The van der Waals surface area contributed by atoms with Crippen molar-refractivity contribution in [2.75, 3.05) is 34.0 Å². The number of aldehydes is 1. The largest absolute Gasteiger partial charge is 0.496 e. The van der Waals surface area contributed by atoms with E-state index in [1.54, 1.807) is 72.6 Å². The highest BCUT2D eigenvalue weighted by atomic mass is 16.7. The Hall–Kier alpha value is -7.21. The van der Waals surface area contributed by atoms with E-state index in [4.69, 9.17) is 28.9 Å². The van der Waals surface area contributed by atoms with Crippen LogP contribution in [-0.2, 0) is 21.0 Å². The summed E-state index contributed by atoms with van der Waals surface area (Å²) in [6.45, 7) is 4.04. The number of unbranched alkanes of at least 4 members (excludes halogenated alkanes) is 2. The smallest absolute Gasteiger partial charge is 0.269 e. The fraction of sp³-hybridized carbons (Fsp3) is 0.365. The van der Waals surface area contributed by atoms with E-state index in [1.165, 1.54) is 37.5 Å². The van der Waals surface area contributed by atoms with Gasteiger partial charge in [-0.2, -0.15) is 0 Å². The number of benzene rings is 4. The van der Waals surface area contributed by atoms with Crippen LogP contribution in [0.3, 0.4) is 0 Å². The number of allylic oxidation sites excluding steroid dienone is 1. The topological polar surface area (TPSA) is 223 Å². The van der Waals surface area contributed by atoms with E-state index in [1.807, 2.05) is 12.1 Å². The molecule has 1 aliphatic heterocycles. The molecule has 1 amide bonds. The lowest BCUT2D eigenvalue weighted by molar-refractivity contribution is -0.385. The van der Waals surface area contributed by atoms with Crippen LogP contribution in [-0.4, -0.2) is 88.7 Å². The Kier molecular flexibility index (Phi) is 16.4. The standard InChI is InChI=1S/C52H56N4O13/c1-4-27-66-52-48(54(2)49(60)24-15-34-11-16-38(17-12-34)55(61)62)31-45(53-67-33-35-13-18-39(19-14-35)56(63)64)43-29-36(9-5-7-25-57)42(10-6-8-26-58)50(51(43)52)44-30-41(21-23-47(44)69-52)68-40-20-22-46(65-3)37(28-40)32-59/h4,11-24,28-30,32,36,42,48,50-51,57-58H,1,5-10,25-27,31,33H2,2-3H3/t36-,42+,48-,50+,51+,52+/m0/s1. The number of carbonyl (C=O) groups excluding carboxylic acids is 2. The SMILES string of the molecule is C=CCO[C@@]12Oc3ccc(Oc4ccc(OC)c(C=O)c4)cc3[C@H]3[C@H](CCCCO)[C@@H](CCCCO)C=C(C(=NOCc4ccc([N+](=O)[O-])cc4)C[C@@H]1N(C)C(=O)C=Cc1ccc([N+](=O)[O-])cc1)[C@H]32. The summed E-state index contributed by atoms with van der Waals surface area (Å²) in [6, 6.07) is 21.4. The number of likely N-dealkylation sites (N-methyl/N-ethyl adjacent to an activating group) is 1. The lowest BCUT2D eigenvalue weighted by Crippen LogP contribution is -2.69. The van der Waals surface area contributed by atoms with Crippen LogP contribution in [0.25, 0.3) is 6.08 Å². The van der Waals surface area contributed by atoms with Gasteiger partial charge in [-0.15, -0.1) is 6.58 Å². The number of nitro groups is 2. The minimum absolute atomic E-state index is 0.0110. The van der Waals surface area contributed by atoms with Crippen molar-refractivity contribution in [1.29, 1.82) is 0 Å². The zero-order valence-electron chi connectivity index (χ0n) is 38.5. The Balaban J connectivity index is 1.39. The van der Waals surface area contributed by atoms with Crippen LogP contribution in [0.1, 0.15) is 77.9 Å². The Morgan fingerprint density at radius 3 is 2.25 bits per heavy atom. The van der Waals surface area contributed by atoms with Crippen molar-refractivity contribution in [2.24, 2.45) is 22.9 Å². The average Bonchev–Trinajstić information content (AvgIpc) is 3.36. The first kappa shape index (κ1) is 49.7. The molecule has 0 spiro atoms. The summed E-state index contributed by atoms with van der Waals surface area (Å²) < 4.78 is 26.0. The quantitative estimate of drug-likeness (QED) is 0.0177. The van der Waals surface area contributed by atoms with Gasteiger partial charge in [-0.05, 0) is 121 Å². The van der Waals surface area contributed by atoms with Crippen LogP contribution >= 0.6 is 0 Å². The molecule has 0 unspecified atom stereocenters. The highest BCUT2D eigenvalue weighted by Gasteiger charge is 2.65. The Labute approximate surface area is 399 Å². The average molecular weight is 945 g/mol. The molecule has 4 aromatic rings. The maximum Gasteiger partial charge on any atom is 0.269 e. The number of nitro benzene ring substituents is 2. The third-order valence-corrected chi connectivity index (χ3v) is 13.1. The number of fused-ring (bicyclic) bond motifs is 2. The van der Waals surface area contributed by atoms with E-state index in [2.05, 4.69) is 12.7 Å². The van der Waals surface area contributed by atoms with E-state index in [-0.39, 0.29) is 62.0 Å². The molecule has 0 aromatic heterocycles. The number of non-ortho nitro benzene ring substituents is 2. The molecule has 3 aliphatic rings. The van der Waals surface area contributed by atoms with E-state index >= 15 is 0 Å². The number of carbonyl (C=O) groups is 2. The summed E-state index contributed by atoms with van der Waals surface area (Å²) in [5.74, 6) is -1.34. The molecule has 1 saturated carbocycles. The van der Waals surface area contributed by atoms with Gasteiger partial charge in [0.25, 0.3) is 11.4 Å². The number of hydrogen-bond donors (Lipinski definition) is 2. The van der Waals surface area contributed by atoms with Gasteiger partial charge in [0, 0.05) is 68.5 Å². The molecule has 0 bridgehead atoms. The van der Waals surface area contributed by atoms with Crippen molar-refractivity contribution in [3.63, 3.8) is 0 Å². The maximum atomic E-state index is 14.5. The molecule has 17 heteroatoms. The minimum Gasteiger partial charge on any atom is -0.496 e. The number of hydrogen-bond acceptors (Lipinski definition) is 14. The van der Waals surface area contributed by atoms with Gasteiger partial charge in [0.05, 0.1) is 40.8 Å². The molecule has 17 nitrogen and oxygen atoms in total. The molecule has 2 N–H and O–H groups in total. The van der Waals surface area contributed by atoms with Crippen LogP contribution in [0, 0.1) is 38.0 Å². The van der Waals surface area contributed by atoms with Crippen LogP contribution in [0.5, 0.6) is 23.0 Å². The molecule has 1 fully saturated rings. The van der Waals surface area contributed by atoms with E-state index in [0.29, 0.717) is 77.4 Å². The van der Waals surface area contributed by atoms with E-state index in [9.17, 15) is 40.0 Å². The van der Waals surface area contributed by atoms with E-state index in [0.717, 1.165) is 24.0 Å². The van der Waals surface area contributed by atoms with Gasteiger partial charge in [-0.1, -0.05) is 30.1 Å². The fourth-order valence-electron chi connectivity index (χ4n) is 9.84. The Morgan fingerprint density at radius 2 is 1.59 bits per heavy atom. The molecule has 4 aromatic carbocycles. The third-order valence-electron chi connectivity index (χ3n) is 13.1. The summed E-state index contributed by atoms with van der Waals surface area (Å²) in [5, 5.41) is 47.4. The van der Waals surface area contributed by atoms with Crippen LogP contribution in [0.2, 0.25) is 0 Å². The zero-order chi connectivity index (χ0) is 49.1. The number of methoxy groups -OCH3 is 1. The van der Waals surface area contributed by atoms with Gasteiger partial charge < -0.3 is 38.9 Å². The number of oxime groups is 1. The highest BCUT2D eigenvalue weighted by molar-refractivity contribution is 6.03. The second-order valence-corrected chi connectivity index (χ2v) is 17.2. The summed E-state index contributed by atoms with van der Waals surface area (Å²) in [7, 11) is 3.14. The van der Waals surface area contributed by atoms with Crippen molar-refractivity contribution < 1.29 is 53.4 Å². The fourth-order valence-corrected chi connectivity index (χ4v) is 9.84. The van der Waals surface area contributed by atoms with Crippen molar-refractivity contribution in [3.05, 3.63) is 158 Å². The van der Waals surface area contributed by atoms with E-state index < -0.39 is 33.5 Å². The molecule has 0 saturated heterocycles. The maximum absolute atomic E-state index is 14.5. The van der Waals surface area contributed by atoms with Crippen LogP contribution in [0.15, 0.2) is 120 Å². The number of amides is 1. The second-order valence-electron chi connectivity index (χ2n) is 17.2. The Morgan fingerprint density at radius 1 is 0.928 bits per heavy atom. The van der Waals surface area contributed by atoms with Gasteiger partial charge in [0.1, 0.15) is 35.6 Å². The summed E-state index contributed by atoms with van der Waals surface area (Å²) in [4.78, 5) is 55.8. The lowest BCUT2D eigenvalue weighted by Gasteiger charge is -2.59. The zero-order valence-corrected chi connectivity index (χ0v) is 38.5. The molecular weight excluding hydrogens is 889 g/mol. The predicted octanol–water partition coefficient (Wildman–Crippen LogP) is 9.12. The first-order chi connectivity index (χ1) is 33.4. The van der Waals surface area contributed by atoms with Gasteiger partial charge in [-0.25, -0.2) is 0 Å². The van der Waals surface area contributed by atoms with Gasteiger partial charge in [0.2, 0.25) is 11.7 Å². The Bertz CT molecular complexity index is 2600. The van der Waals surface area contributed by atoms with Crippen molar-refractivity contribution in [3.8, 4) is 23.0 Å². The number of aliphatic hydroxyl groups excluding tert-OH is 2. The monoisotopic (exact) mass is 944 g/mol. The minimum atomic E-state index is -1.55. The lowest BCUT2D eigenvalue weighted by atomic mass is 9.55. The molecule has 69 heavy (non-hydrogen) atoms. The van der Waals surface area contributed by atoms with Crippen LogP contribution in [0.4, 0.5) is 11.4 Å². The summed E-state index contributed by atoms with van der Waals surface area (Å²) in [6.07, 6.45) is 11.6. The first-order valence-corrected chi connectivity index (χ1v) is 22.9.